The number of nitrogens with one attached hydrogen (secondary N) is 1. The van der Waals surface area contributed by atoms with Crippen LogP contribution in [0.5, 0.6) is 0 Å². The van der Waals surface area contributed by atoms with Crippen molar-refractivity contribution in [1.82, 2.24) is 20.0 Å². The van der Waals surface area contributed by atoms with E-state index in [0.717, 1.165) is 17.4 Å². The van der Waals surface area contributed by atoms with Crippen molar-refractivity contribution in [3.63, 3.8) is 0 Å². The Kier molecular flexibility index (Phi) is 5.01. The number of hydrogen-bond acceptors (Lipinski definition) is 3. The lowest BCUT2D eigenvalue weighted by molar-refractivity contribution is -0.143. The summed E-state index contributed by atoms with van der Waals surface area (Å²) in [5.74, 6) is -0.656. The minimum absolute atomic E-state index is 0.188. The van der Waals surface area contributed by atoms with Crippen molar-refractivity contribution < 1.29 is 18.0 Å². The van der Waals surface area contributed by atoms with Gasteiger partial charge in [0, 0.05) is 24.7 Å². The zero-order valence-electron chi connectivity index (χ0n) is 13.2. The van der Waals surface area contributed by atoms with E-state index >= 15 is 0 Å². The number of hydrogen-bond donors (Lipinski definition) is 1. The molecule has 1 aromatic heterocycles. The van der Waals surface area contributed by atoms with E-state index in [9.17, 15) is 18.0 Å². The molecule has 1 N–H and O–H groups in total. The largest absolute Gasteiger partial charge is 0.434 e. The van der Waals surface area contributed by atoms with Crippen LogP contribution in [0.2, 0.25) is 5.02 Å². The van der Waals surface area contributed by atoms with Gasteiger partial charge in [-0.15, -0.1) is 0 Å². The lowest BCUT2D eigenvalue weighted by Gasteiger charge is -2.20. The third-order valence-corrected chi connectivity index (χ3v) is 4.22. The van der Waals surface area contributed by atoms with E-state index in [1.807, 2.05) is 0 Å². The van der Waals surface area contributed by atoms with Gasteiger partial charge in [-0.2, -0.15) is 18.3 Å². The van der Waals surface area contributed by atoms with Crippen molar-refractivity contribution >= 4 is 17.5 Å². The summed E-state index contributed by atoms with van der Waals surface area (Å²) in [5.41, 5.74) is -1.32. The number of carbonyl (C=O) groups excluding carboxylic acids is 1. The van der Waals surface area contributed by atoms with Crippen LogP contribution in [0, 0.1) is 0 Å². The predicted molar refractivity (Wildman–Crippen MR) is 87.0 cm³/mol. The fourth-order valence-electron chi connectivity index (χ4n) is 2.77. The molecule has 1 fully saturated rings. The molecule has 3 rings (SSSR count). The number of alkyl halides is 3. The van der Waals surface area contributed by atoms with E-state index in [0.29, 0.717) is 31.1 Å². The van der Waals surface area contributed by atoms with Crippen LogP contribution in [0.15, 0.2) is 30.5 Å². The van der Waals surface area contributed by atoms with Gasteiger partial charge in [-0.25, -0.2) is 4.68 Å². The highest BCUT2D eigenvalue weighted by molar-refractivity contribution is 6.30. The number of benzene rings is 1. The Balaban J connectivity index is 2.02. The summed E-state index contributed by atoms with van der Waals surface area (Å²) in [6, 6.07) is 5.80. The Morgan fingerprint density at radius 3 is 2.56 bits per heavy atom. The van der Waals surface area contributed by atoms with Gasteiger partial charge in [-0.3, -0.25) is 4.79 Å². The van der Waals surface area contributed by atoms with Gasteiger partial charge < -0.3 is 10.2 Å². The first kappa shape index (κ1) is 17.8. The highest BCUT2D eigenvalue weighted by Gasteiger charge is 2.41. The highest BCUT2D eigenvalue weighted by atomic mass is 35.5. The number of nitrogens with zero attached hydrogens (tertiary/aromatic N) is 3. The monoisotopic (exact) mass is 372 g/mol. The Morgan fingerprint density at radius 2 is 1.88 bits per heavy atom. The molecule has 0 aliphatic carbocycles. The summed E-state index contributed by atoms with van der Waals surface area (Å²) in [7, 11) is 0. The molecule has 0 unspecified atom stereocenters. The fraction of sp³-hybridized carbons (Fsp3) is 0.375. The summed E-state index contributed by atoms with van der Waals surface area (Å²) in [4.78, 5) is 14.1. The SMILES string of the molecule is O=C(c1cnn(-c2ccc(Cl)cc2)c1C(F)(F)F)N1CCCNCC1. The molecule has 2 heterocycles. The molecule has 0 atom stereocenters. The van der Waals surface area contributed by atoms with Gasteiger partial charge in [0.2, 0.25) is 0 Å². The normalized spacial score (nSPS) is 15.9. The lowest BCUT2D eigenvalue weighted by Crippen LogP contribution is -2.35. The molecule has 1 saturated heterocycles. The van der Waals surface area contributed by atoms with E-state index < -0.39 is 23.3 Å². The Bertz CT molecular complexity index is 750. The minimum atomic E-state index is -4.72. The van der Waals surface area contributed by atoms with Gasteiger partial charge in [0.15, 0.2) is 5.69 Å². The maximum absolute atomic E-state index is 13.6. The van der Waals surface area contributed by atoms with Gasteiger partial charge >= 0.3 is 6.18 Å². The Labute approximate surface area is 147 Å². The second kappa shape index (κ2) is 7.05. The lowest BCUT2D eigenvalue weighted by atomic mass is 10.2. The second-order valence-electron chi connectivity index (χ2n) is 5.69. The standard InChI is InChI=1S/C16H16ClF3N4O/c17-11-2-4-12(5-3-11)24-14(16(18,19)20)13(10-22-24)15(25)23-8-1-6-21-7-9-23/h2-5,10,21H,1,6-9H2. The van der Waals surface area contributed by atoms with Crippen molar-refractivity contribution in [3.8, 4) is 5.69 Å². The first-order chi connectivity index (χ1) is 11.9. The van der Waals surface area contributed by atoms with E-state index in [1.165, 1.54) is 29.2 Å². The zero-order chi connectivity index (χ0) is 18.0. The Hall–Kier alpha value is -2.06. The van der Waals surface area contributed by atoms with Gasteiger partial charge in [-0.1, -0.05) is 11.6 Å². The van der Waals surface area contributed by atoms with Crippen molar-refractivity contribution in [1.29, 1.82) is 0 Å². The second-order valence-corrected chi connectivity index (χ2v) is 6.13. The maximum Gasteiger partial charge on any atom is 0.434 e. The summed E-state index contributed by atoms with van der Waals surface area (Å²) in [6.45, 7) is 2.07. The average molecular weight is 373 g/mol. The molecule has 0 bridgehead atoms. The van der Waals surface area contributed by atoms with Crippen LogP contribution in [-0.2, 0) is 6.18 Å². The molecule has 0 saturated carbocycles. The molecule has 1 aliphatic rings. The van der Waals surface area contributed by atoms with Crippen molar-refractivity contribution in [2.24, 2.45) is 0 Å². The fourth-order valence-corrected chi connectivity index (χ4v) is 2.90. The Morgan fingerprint density at radius 1 is 1.16 bits per heavy atom. The number of amides is 1. The van der Waals surface area contributed by atoms with Crippen LogP contribution >= 0.6 is 11.6 Å². The smallest absolute Gasteiger partial charge is 0.337 e. The van der Waals surface area contributed by atoms with E-state index in [1.54, 1.807) is 0 Å². The molecule has 1 aromatic carbocycles. The number of aromatic nitrogens is 2. The molecular weight excluding hydrogens is 357 g/mol. The third kappa shape index (κ3) is 3.80. The van der Waals surface area contributed by atoms with Crippen LogP contribution in [0.25, 0.3) is 5.69 Å². The van der Waals surface area contributed by atoms with Gasteiger partial charge in [-0.05, 0) is 37.2 Å². The number of carbonyl (C=O) groups is 1. The quantitative estimate of drug-likeness (QED) is 0.881. The van der Waals surface area contributed by atoms with Crippen molar-refractivity contribution in [2.45, 2.75) is 12.6 Å². The van der Waals surface area contributed by atoms with Gasteiger partial charge in [0.25, 0.3) is 5.91 Å². The summed E-state index contributed by atoms with van der Waals surface area (Å²) in [5, 5.41) is 7.33. The van der Waals surface area contributed by atoms with E-state index in [4.69, 9.17) is 11.6 Å². The third-order valence-electron chi connectivity index (χ3n) is 3.97. The van der Waals surface area contributed by atoms with Crippen LogP contribution in [0.3, 0.4) is 0 Å². The summed E-state index contributed by atoms with van der Waals surface area (Å²) in [6.07, 6.45) is -3.04. The van der Waals surface area contributed by atoms with Gasteiger partial charge in [0.05, 0.1) is 17.4 Å². The van der Waals surface area contributed by atoms with Crippen molar-refractivity contribution in [2.75, 3.05) is 26.2 Å². The van der Waals surface area contributed by atoms with Crippen LogP contribution in [-0.4, -0.2) is 46.8 Å². The van der Waals surface area contributed by atoms with Crippen molar-refractivity contribution in [3.05, 3.63) is 46.7 Å². The predicted octanol–water partition coefficient (Wildman–Crippen LogP) is 2.98. The summed E-state index contributed by atoms with van der Waals surface area (Å²) < 4.78 is 41.7. The van der Waals surface area contributed by atoms with Crippen LogP contribution < -0.4 is 5.32 Å². The molecule has 134 valence electrons. The van der Waals surface area contributed by atoms with E-state index in [-0.39, 0.29) is 5.69 Å². The molecule has 2 aromatic rings. The first-order valence-electron chi connectivity index (χ1n) is 7.79. The molecule has 1 amide bonds. The van der Waals surface area contributed by atoms with Crippen LogP contribution in [0.1, 0.15) is 22.5 Å². The number of rotatable bonds is 2. The number of halogens is 4. The molecular formula is C16H16ClF3N4O. The van der Waals surface area contributed by atoms with Crippen LogP contribution in [0.4, 0.5) is 13.2 Å². The molecule has 25 heavy (non-hydrogen) atoms. The molecule has 0 radical (unpaired) electrons. The summed E-state index contributed by atoms with van der Waals surface area (Å²) >= 11 is 5.78. The molecule has 0 spiro atoms. The molecule has 9 heteroatoms. The maximum atomic E-state index is 13.6. The topological polar surface area (TPSA) is 50.2 Å². The minimum Gasteiger partial charge on any atom is -0.337 e. The first-order valence-corrected chi connectivity index (χ1v) is 8.17. The molecule has 5 nitrogen and oxygen atoms in total. The highest BCUT2D eigenvalue weighted by Crippen LogP contribution is 2.34. The zero-order valence-corrected chi connectivity index (χ0v) is 13.9. The van der Waals surface area contributed by atoms with E-state index in [2.05, 4.69) is 10.4 Å². The van der Waals surface area contributed by atoms with Gasteiger partial charge in [0.1, 0.15) is 0 Å². The average Bonchev–Trinajstić information content (AvgIpc) is 2.84. The molecule has 1 aliphatic heterocycles.